The van der Waals surface area contributed by atoms with Gasteiger partial charge in [-0.1, -0.05) is 15.9 Å². The summed E-state index contributed by atoms with van der Waals surface area (Å²) in [7, 11) is 0. The normalized spacial score (nSPS) is 19.6. The van der Waals surface area contributed by atoms with Crippen LogP contribution in [0, 0.1) is 13.8 Å². The maximum absolute atomic E-state index is 12.1. The van der Waals surface area contributed by atoms with E-state index in [9.17, 15) is 4.79 Å². The van der Waals surface area contributed by atoms with E-state index in [4.69, 9.17) is 4.74 Å². The van der Waals surface area contributed by atoms with Gasteiger partial charge >= 0.3 is 0 Å². The van der Waals surface area contributed by atoms with Crippen molar-refractivity contribution in [3.63, 3.8) is 0 Å². The Hall–Kier alpha value is -0.910. The number of anilines is 1. The summed E-state index contributed by atoms with van der Waals surface area (Å²) in [4.78, 5) is 12.1. The second kappa shape index (κ2) is 5.82. The van der Waals surface area contributed by atoms with Gasteiger partial charge in [-0.15, -0.1) is 0 Å². The lowest BCUT2D eigenvalue weighted by molar-refractivity contribution is -0.128. The number of carbonyl (C=O) groups is 1. The minimum Gasteiger partial charge on any atom is -0.366 e. The molecule has 1 amide bonds. The van der Waals surface area contributed by atoms with Crippen molar-refractivity contribution < 1.29 is 9.53 Å². The summed E-state index contributed by atoms with van der Waals surface area (Å²) in [5.41, 5.74) is 2.95. The van der Waals surface area contributed by atoms with Gasteiger partial charge in [0, 0.05) is 23.2 Å². The van der Waals surface area contributed by atoms with Gasteiger partial charge in [0.25, 0.3) is 5.91 Å². The fourth-order valence-electron chi connectivity index (χ4n) is 2.05. The van der Waals surface area contributed by atoms with Crippen LogP contribution in [0.15, 0.2) is 16.6 Å². The Bertz CT molecular complexity index is 433. The number of rotatable bonds is 2. The van der Waals surface area contributed by atoms with E-state index >= 15 is 0 Å². The molecule has 1 aromatic rings. The van der Waals surface area contributed by atoms with Crippen LogP contribution in [0.4, 0.5) is 5.69 Å². The van der Waals surface area contributed by atoms with Crippen LogP contribution in [0.25, 0.3) is 0 Å². The van der Waals surface area contributed by atoms with Crippen LogP contribution < -0.4 is 10.6 Å². The van der Waals surface area contributed by atoms with E-state index in [1.165, 1.54) is 0 Å². The Morgan fingerprint density at radius 2 is 2.11 bits per heavy atom. The molecule has 0 bridgehead atoms. The number of benzene rings is 1. The zero-order chi connectivity index (χ0) is 13.1. The Morgan fingerprint density at radius 1 is 1.44 bits per heavy atom. The zero-order valence-corrected chi connectivity index (χ0v) is 12.1. The first-order valence-electron chi connectivity index (χ1n) is 5.98. The molecular weight excluding hydrogens is 296 g/mol. The zero-order valence-electron chi connectivity index (χ0n) is 10.5. The predicted octanol–water partition coefficient (Wildman–Crippen LogP) is 1.99. The molecule has 1 aliphatic heterocycles. The fraction of sp³-hybridized carbons (Fsp3) is 0.462. The molecule has 0 aromatic heterocycles. The summed E-state index contributed by atoms with van der Waals surface area (Å²) < 4.78 is 6.45. The average Bonchev–Trinajstić information content (AvgIpc) is 2.34. The van der Waals surface area contributed by atoms with E-state index in [0.717, 1.165) is 27.8 Å². The lowest BCUT2D eigenvalue weighted by Gasteiger charge is -2.23. The van der Waals surface area contributed by atoms with E-state index < -0.39 is 6.10 Å². The molecule has 18 heavy (non-hydrogen) atoms. The van der Waals surface area contributed by atoms with E-state index in [1.807, 2.05) is 26.0 Å². The summed E-state index contributed by atoms with van der Waals surface area (Å²) in [5, 5.41) is 6.10. The number of nitrogens with one attached hydrogen (secondary N) is 2. The van der Waals surface area contributed by atoms with Crippen molar-refractivity contribution in [2.45, 2.75) is 20.0 Å². The molecule has 0 saturated carbocycles. The monoisotopic (exact) mass is 312 g/mol. The van der Waals surface area contributed by atoms with Gasteiger partial charge in [-0.25, -0.2) is 0 Å². The van der Waals surface area contributed by atoms with Crippen molar-refractivity contribution in [1.82, 2.24) is 5.32 Å². The molecule has 4 nitrogen and oxygen atoms in total. The van der Waals surface area contributed by atoms with Crippen LogP contribution in [0.1, 0.15) is 11.1 Å². The van der Waals surface area contributed by atoms with Gasteiger partial charge in [-0.2, -0.15) is 0 Å². The molecule has 0 aliphatic carbocycles. The first-order valence-corrected chi connectivity index (χ1v) is 6.77. The first kappa shape index (κ1) is 13.5. The van der Waals surface area contributed by atoms with Gasteiger partial charge < -0.3 is 15.4 Å². The standard InChI is InChI=1S/C13H17BrN2O2/c1-8-5-10(14)6-9(2)12(8)16-13(17)11-7-15-3-4-18-11/h5-6,11,15H,3-4,7H2,1-2H3,(H,16,17). The SMILES string of the molecule is Cc1cc(Br)cc(C)c1NC(=O)C1CNCCO1. The smallest absolute Gasteiger partial charge is 0.254 e. The minimum absolute atomic E-state index is 0.0873. The van der Waals surface area contributed by atoms with Crippen molar-refractivity contribution in [3.05, 3.63) is 27.7 Å². The number of amides is 1. The highest BCUT2D eigenvalue weighted by Gasteiger charge is 2.22. The molecule has 1 atom stereocenters. The predicted molar refractivity (Wildman–Crippen MR) is 74.9 cm³/mol. The fourth-order valence-corrected chi connectivity index (χ4v) is 2.73. The third-order valence-electron chi connectivity index (χ3n) is 2.97. The molecule has 2 rings (SSSR count). The first-order chi connectivity index (χ1) is 8.58. The minimum atomic E-state index is -0.402. The summed E-state index contributed by atoms with van der Waals surface area (Å²) in [6, 6.07) is 3.98. The molecule has 1 heterocycles. The average molecular weight is 313 g/mol. The van der Waals surface area contributed by atoms with Crippen LogP contribution >= 0.6 is 15.9 Å². The van der Waals surface area contributed by atoms with Crippen LogP contribution in [-0.2, 0) is 9.53 Å². The van der Waals surface area contributed by atoms with Crippen molar-refractivity contribution in [2.75, 3.05) is 25.0 Å². The topological polar surface area (TPSA) is 50.4 Å². The summed E-state index contributed by atoms with van der Waals surface area (Å²) >= 11 is 3.44. The van der Waals surface area contributed by atoms with Crippen LogP contribution in [0.5, 0.6) is 0 Å². The molecule has 2 N–H and O–H groups in total. The highest BCUT2D eigenvalue weighted by Crippen LogP contribution is 2.25. The van der Waals surface area contributed by atoms with Gasteiger partial charge in [-0.05, 0) is 37.1 Å². The van der Waals surface area contributed by atoms with E-state index in [1.54, 1.807) is 0 Å². The summed E-state index contributed by atoms with van der Waals surface area (Å²) in [5.74, 6) is -0.0873. The molecule has 5 heteroatoms. The van der Waals surface area contributed by atoms with E-state index in [2.05, 4.69) is 26.6 Å². The molecule has 1 aliphatic rings. The molecule has 1 saturated heterocycles. The molecule has 1 fully saturated rings. The summed E-state index contributed by atoms with van der Waals surface area (Å²) in [6.07, 6.45) is -0.402. The van der Waals surface area contributed by atoms with E-state index in [-0.39, 0.29) is 5.91 Å². The maximum Gasteiger partial charge on any atom is 0.254 e. The lowest BCUT2D eigenvalue weighted by Crippen LogP contribution is -2.45. The van der Waals surface area contributed by atoms with Gasteiger partial charge in [-0.3, -0.25) is 4.79 Å². The maximum atomic E-state index is 12.1. The highest BCUT2D eigenvalue weighted by atomic mass is 79.9. The number of morpholine rings is 1. The Kier molecular flexibility index (Phi) is 4.37. The Morgan fingerprint density at radius 3 is 2.67 bits per heavy atom. The van der Waals surface area contributed by atoms with Crippen molar-refractivity contribution in [3.8, 4) is 0 Å². The Labute approximate surface area is 115 Å². The second-order valence-electron chi connectivity index (χ2n) is 4.47. The number of halogens is 1. The summed E-state index contributed by atoms with van der Waals surface area (Å²) in [6.45, 7) is 5.91. The number of aryl methyl sites for hydroxylation is 2. The third kappa shape index (κ3) is 3.10. The number of ether oxygens (including phenoxy) is 1. The molecule has 1 unspecified atom stereocenters. The third-order valence-corrected chi connectivity index (χ3v) is 3.42. The molecule has 98 valence electrons. The lowest BCUT2D eigenvalue weighted by atomic mass is 10.1. The second-order valence-corrected chi connectivity index (χ2v) is 5.38. The largest absolute Gasteiger partial charge is 0.366 e. The van der Waals surface area contributed by atoms with Crippen LogP contribution in [0.2, 0.25) is 0 Å². The van der Waals surface area contributed by atoms with Gasteiger partial charge in [0.2, 0.25) is 0 Å². The van der Waals surface area contributed by atoms with Crippen LogP contribution in [-0.4, -0.2) is 31.7 Å². The van der Waals surface area contributed by atoms with E-state index in [0.29, 0.717) is 13.2 Å². The molecule has 0 radical (unpaired) electrons. The van der Waals surface area contributed by atoms with Gasteiger partial charge in [0.15, 0.2) is 0 Å². The van der Waals surface area contributed by atoms with Gasteiger partial charge in [0.1, 0.15) is 6.10 Å². The molecule has 1 aromatic carbocycles. The van der Waals surface area contributed by atoms with Crippen molar-refractivity contribution in [1.29, 1.82) is 0 Å². The van der Waals surface area contributed by atoms with Crippen molar-refractivity contribution >= 4 is 27.5 Å². The number of carbonyl (C=O) groups excluding carboxylic acids is 1. The Balaban J connectivity index is 2.11. The number of hydrogen-bond donors (Lipinski definition) is 2. The van der Waals surface area contributed by atoms with Gasteiger partial charge in [0.05, 0.1) is 6.61 Å². The number of hydrogen-bond acceptors (Lipinski definition) is 3. The molecule has 0 spiro atoms. The van der Waals surface area contributed by atoms with Crippen molar-refractivity contribution in [2.24, 2.45) is 0 Å². The molecular formula is C13H17BrN2O2. The highest BCUT2D eigenvalue weighted by molar-refractivity contribution is 9.10. The quantitative estimate of drug-likeness (QED) is 0.878. The van der Waals surface area contributed by atoms with Crippen LogP contribution in [0.3, 0.4) is 0 Å².